The Labute approximate surface area is 101 Å². The minimum atomic E-state index is -1.16. The van der Waals surface area contributed by atoms with E-state index in [4.69, 9.17) is 4.74 Å². The van der Waals surface area contributed by atoms with Crippen LogP contribution in [-0.2, 0) is 4.74 Å². The van der Waals surface area contributed by atoms with Crippen LogP contribution in [0.3, 0.4) is 0 Å². The highest BCUT2D eigenvalue weighted by Gasteiger charge is 2.23. The Morgan fingerprint density at radius 1 is 1.50 bits per heavy atom. The van der Waals surface area contributed by atoms with Crippen LogP contribution in [-0.4, -0.2) is 17.1 Å². The van der Waals surface area contributed by atoms with E-state index in [-0.39, 0.29) is 5.69 Å². The first-order valence-corrected chi connectivity index (χ1v) is 5.34. The average molecular weight is 290 g/mol. The lowest BCUT2D eigenvalue weighted by atomic mass is 10.0. The number of aliphatic hydroxyl groups excluding tert-OH is 1. The van der Waals surface area contributed by atoms with Gasteiger partial charge in [0.05, 0.1) is 4.92 Å². The quantitative estimate of drug-likeness (QED) is 0.527. The van der Waals surface area contributed by atoms with E-state index in [2.05, 4.69) is 15.9 Å². The second-order valence-electron chi connectivity index (χ2n) is 3.39. The van der Waals surface area contributed by atoms with Crippen LogP contribution in [0.1, 0.15) is 23.0 Å². The molecule has 0 radical (unpaired) electrons. The molecule has 6 heteroatoms. The molecule has 1 aromatic rings. The summed E-state index contributed by atoms with van der Waals surface area (Å²) >= 11 is 3.23. The molecule has 1 atom stereocenters. The minimum Gasteiger partial charge on any atom is -0.364 e. The van der Waals surface area contributed by atoms with Crippen LogP contribution in [0.15, 0.2) is 10.5 Å². The fourth-order valence-electron chi connectivity index (χ4n) is 1.54. The van der Waals surface area contributed by atoms with E-state index in [9.17, 15) is 15.2 Å². The Kier molecular flexibility index (Phi) is 4.01. The lowest BCUT2D eigenvalue weighted by molar-refractivity contribution is -0.386. The number of nitro groups is 1. The van der Waals surface area contributed by atoms with Crippen molar-refractivity contribution in [2.75, 3.05) is 7.11 Å². The van der Waals surface area contributed by atoms with Gasteiger partial charge < -0.3 is 9.84 Å². The van der Waals surface area contributed by atoms with Gasteiger partial charge in [-0.1, -0.05) is 15.9 Å². The molecular weight excluding hydrogens is 278 g/mol. The molecule has 0 bridgehead atoms. The molecule has 0 saturated carbocycles. The van der Waals surface area contributed by atoms with Gasteiger partial charge in [-0.05, 0) is 19.9 Å². The summed E-state index contributed by atoms with van der Waals surface area (Å²) in [7, 11) is 1.34. The molecule has 0 saturated heterocycles. The predicted molar refractivity (Wildman–Crippen MR) is 62.2 cm³/mol. The summed E-state index contributed by atoms with van der Waals surface area (Å²) in [4.78, 5) is 10.5. The third-order valence-corrected chi connectivity index (χ3v) is 3.28. The highest BCUT2D eigenvalue weighted by Crippen LogP contribution is 2.34. The molecule has 16 heavy (non-hydrogen) atoms. The minimum absolute atomic E-state index is 0.000440. The molecule has 0 aliphatic heterocycles. The third kappa shape index (κ3) is 2.23. The Hall–Kier alpha value is -0.980. The number of nitrogens with zero attached hydrogens (tertiary/aromatic N) is 1. The van der Waals surface area contributed by atoms with Gasteiger partial charge in [0, 0.05) is 28.3 Å². The van der Waals surface area contributed by atoms with E-state index in [1.807, 2.05) is 0 Å². The first kappa shape index (κ1) is 13.1. The zero-order valence-electron chi connectivity index (χ0n) is 9.15. The van der Waals surface area contributed by atoms with Crippen LogP contribution in [0.25, 0.3) is 0 Å². The van der Waals surface area contributed by atoms with Gasteiger partial charge in [0.25, 0.3) is 5.69 Å². The fourth-order valence-corrected chi connectivity index (χ4v) is 1.98. The summed E-state index contributed by atoms with van der Waals surface area (Å²) in [5.74, 6) is 0. The lowest BCUT2D eigenvalue weighted by Crippen LogP contribution is -2.06. The molecule has 0 fully saturated rings. The summed E-state index contributed by atoms with van der Waals surface area (Å²) in [5, 5.41) is 20.5. The number of halogens is 1. The lowest BCUT2D eigenvalue weighted by Gasteiger charge is -2.14. The molecule has 88 valence electrons. The molecule has 1 N–H and O–H groups in total. The second kappa shape index (κ2) is 4.90. The summed E-state index contributed by atoms with van der Waals surface area (Å²) in [6.45, 7) is 3.24. The molecular formula is C10H12BrNO4. The molecule has 1 rings (SSSR count). The number of nitro benzene ring substituents is 1. The first-order valence-electron chi connectivity index (χ1n) is 4.55. The Balaban J connectivity index is 3.50. The zero-order valence-corrected chi connectivity index (χ0v) is 10.7. The topological polar surface area (TPSA) is 72.6 Å². The van der Waals surface area contributed by atoms with Crippen LogP contribution in [0, 0.1) is 24.0 Å². The number of benzene rings is 1. The van der Waals surface area contributed by atoms with Gasteiger partial charge in [-0.25, -0.2) is 0 Å². The van der Waals surface area contributed by atoms with Gasteiger partial charge in [0.1, 0.15) is 0 Å². The summed E-state index contributed by atoms with van der Waals surface area (Å²) in [6.07, 6.45) is -1.16. The van der Waals surface area contributed by atoms with Crippen LogP contribution in [0.2, 0.25) is 0 Å². The zero-order chi connectivity index (χ0) is 12.5. The highest BCUT2D eigenvalue weighted by atomic mass is 79.9. The molecule has 5 nitrogen and oxygen atoms in total. The molecule has 1 aromatic carbocycles. The molecule has 0 heterocycles. The maximum Gasteiger partial charge on any atom is 0.276 e. The van der Waals surface area contributed by atoms with Gasteiger partial charge in [0.15, 0.2) is 6.29 Å². The summed E-state index contributed by atoms with van der Waals surface area (Å²) in [6, 6.07) is 1.63. The largest absolute Gasteiger partial charge is 0.364 e. The maximum atomic E-state index is 10.9. The maximum absolute atomic E-state index is 10.9. The monoisotopic (exact) mass is 289 g/mol. The number of hydrogen-bond acceptors (Lipinski definition) is 4. The number of rotatable bonds is 3. The van der Waals surface area contributed by atoms with E-state index >= 15 is 0 Å². The molecule has 0 aromatic heterocycles. The van der Waals surface area contributed by atoms with Gasteiger partial charge >= 0.3 is 0 Å². The Morgan fingerprint density at radius 3 is 2.50 bits per heavy atom. The first-order chi connectivity index (χ1) is 7.40. The van der Waals surface area contributed by atoms with Gasteiger partial charge in [-0.15, -0.1) is 0 Å². The van der Waals surface area contributed by atoms with Crippen molar-refractivity contribution in [2.45, 2.75) is 20.1 Å². The fraction of sp³-hybridized carbons (Fsp3) is 0.400. The van der Waals surface area contributed by atoms with E-state index in [1.54, 1.807) is 19.9 Å². The molecule has 0 amide bonds. The van der Waals surface area contributed by atoms with Crippen LogP contribution in [0.5, 0.6) is 0 Å². The normalized spacial score (nSPS) is 12.6. The van der Waals surface area contributed by atoms with Gasteiger partial charge in [-0.2, -0.15) is 0 Å². The van der Waals surface area contributed by atoms with Crippen LogP contribution in [0.4, 0.5) is 5.69 Å². The predicted octanol–water partition coefficient (Wildman–Crippen LogP) is 2.61. The number of hydrogen-bond donors (Lipinski definition) is 1. The van der Waals surface area contributed by atoms with Crippen molar-refractivity contribution >= 4 is 21.6 Å². The van der Waals surface area contributed by atoms with Crippen molar-refractivity contribution in [1.29, 1.82) is 0 Å². The van der Waals surface area contributed by atoms with Crippen LogP contribution < -0.4 is 0 Å². The Morgan fingerprint density at radius 2 is 2.06 bits per heavy atom. The molecule has 1 unspecified atom stereocenters. The molecule has 0 aliphatic carbocycles. The van der Waals surface area contributed by atoms with E-state index in [0.29, 0.717) is 21.2 Å². The number of aliphatic hydroxyl groups is 1. The summed E-state index contributed by atoms with van der Waals surface area (Å²) in [5.41, 5.74) is 1.35. The number of ether oxygens (including phenoxy) is 1. The van der Waals surface area contributed by atoms with E-state index in [1.165, 1.54) is 7.11 Å². The van der Waals surface area contributed by atoms with Gasteiger partial charge in [-0.3, -0.25) is 10.1 Å². The van der Waals surface area contributed by atoms with E-state index < -0.39 is 11.2 Å². The van der Waals surface area contributed by atoms with Crippen molar-refractivity contribution in [3.05, 3.63) is 37.3 Å². The SMILES string of the molecule is COC(O)c1cc(Br)c(C)c([N+](=O)[O-])c1C. The highest BCUT2D eigenvalue weighted by molar-refractivity contribution is 9.10. The molecule has 0 spiro atoms. The standard InChI is InChI=1S/C10H12BrNO4/c1-5-7(10(13)16-3)4-8(11)6(2)9(5)12(14)15/h4,10,13H,1-3H3. The Bertz CT molecular complexity index is 433. The average Bonchev–Trinajstić information content (AvgIpc) is 2.22. The number of methoxy groups -OCH3 is 1. The molecule has 0 aliphatic rings. The van der Waals surface area contributed by atoms with Gasteiger partial charge in [0.2, 0.25) is 0 Å². The van der Waals surface area contributed by atoms with Crippen molar-refractivity contribution < 1.29 is 14.8 Å². The van der Waals surface area contributed by atoms with Crippen molar-refractivity contribution in [3.8, 4) is 0 Å². The van der Waals surface area contributed by atoms with Crippen LogP contribution >= 0.6 is 15.9 Å². The van der Waals surface area contributed by atoms with Crippen molar-refractivity contribution in [2.24, 2.45) is 0 Å². The van der Waals surface area contributed by atoms with E-state index in [0.717, 1.165) is 0 Å². The summed E-state index contributed by atoms with van der Waals surface area (Å²) < 4.78 is 5.34. The smallest absolute Gasteiger partial charge is 0.276 e. The van der Waals surface area contributed by atoms with Crippen molar-refractivity contribution in [3.63, 3.8) is 0 Å². The van der Waals surface area contributed by atoms with Crippen molar-refractivity contribution in [1.82, 2.24) is 0 Å². The third-order valence-electron chi connectivity index (χ3n) is 2.46. The second-order valence-corrected chi connectivity index (χ2v) is 4.25.